The Bertz CT molecular complexity index is 511. The zero-order valence-electron chi connectivity index (χ0n) is 15.3. The first-order chi connectivity index (χ1) is 11.6. The van der Waals surface area contributed by atoms with Gasteiger partial charge in [0.25, 0.3) is 0 Å². The van der Waals surface area contributed by atoms with Crippen molar-refractivity contribution < 1.29 is 4.74 Å². The summed E-state index contributed by atoms with van der Waals surface area (Å²) in [4.78, 5) is 4.76. The van der Waals surface area contributed by atoms with Crippen molar-refractivity contribution in [1.82, 2.24) is 24.9 Å². The van der Waals surface area contributed by atoms with Crippen LogP contribution in [0.15, 0.2) is 6.20 Å². The minimum Gasteiger partial charge on any atom is -0.382 e. The Balaban J connectivity index is 1.69. The maximum Gasteiger partial charge on any atom is 0.169 e. The van der Waals surface area contributed by atoms with E-state index < -0.39 is 0 Å². The van der Waals surface area contributed by atoms with Crippen molar-refractivity contribution in [3.05, 3.63) is 17.5 Å². The quantitative estimate of drug-likeness (QED) is 0.566. The van der Waals surface area contributed by atoms with Gasteiger partial charge in [0.1, 0.15) is 0 Å². The van der Waals surface area contributed by atoms with Crippen LogP contribution in [0.2, 0.25) is 0 Å². The van der Waals surface area contributed by atoms with Crippen LogP contribution in [0.3, 0.4) is 0 Å². The fraction of sp³-hybridized carbons (Fsp3) is 0.765. The van der Waals surface area contributed by atoms with Crippen LogP contribution >= 0.6 is 12.2 Å². The molecule has 1 aliphatic rings. The van der Waals surface area contributed by atoms with Gasteiger partial charge in [-0.3, -0.25) is 9.58 Å². The third-order valence-corrected chi connectivity index (χ3v) is 4.77. The summed E-state index contributed by atoms with van der Waals surface area (Å²) < 4.78 is 7.36. The first-order valence-electron chi connectivity index (χ1n) is 8.99. The second-order valence-electron chi connectivity index (χ2n) is 6.14. The number of nitrogens with zero attached hydrogens (tertiary/aromatic N) is 4. The van der Waals surface area contributed by atoms with E-state index in [0.717, 1.165) is 76.3 Å². The van der Waals surface area contributed by atoms with Gasteiger partial charge in [0.05, 0.1) is 5.69 Å². The fourth-order valence-corrected chi connectivity index (χ4v) is 3.14. The summed E-state index contributed by atoms with van der Waals surface area (Å²) in [5.74, 6) is 0. The van der Waals surface area contributed by atoms with Crippen LogP contribution in [-0.4, -0.2) is 70.6 Å². The average Bonchev–Trinajstić information content (AvgIpc) is 2.95. The number of aryl methyl sites for hydroxylation is 2. The third-order valence-electron chi connectivity index (χ3n) is 4.37. The van der Waals surface area contributed by atoms with E-state index in [-0.39, 0.29) is 0 Å². The van der Waals surface area contributed by atoms with Crippen LogP contribution < -0.4 is 5.32 Å². The molecule has 0 radical (unpaired) electrons. The van der Waals surface area contributed by atoms with Crippen molar-refractivity contribution in [2.24, 2.45) is 0 Å². The SMILES string of the molecule is CCOCCCNC(=S)N1CCN(Cc2cn(CC)nc2C)CC1. The Morgan fingerprint density at radius 3 is 2.67 bits per heavy atom. The van der Waals surface area contributed by atoms with E-state index in [1.807, 2.05) is 11.6 Å². The van der Waals surface area contributed by atoms with Crippen LogP contribution in [-0.2, 0) is 17.8 Å². The minimum atomic E-state index is 0.781. The largest absolute Gasteiger partial charge is 0.382 e. The monoisotopic (exact) mass is 353 g/mol. The van der Waals surface area contributed by atoms with Crippen molar-refractivity contribution in [2.45, 2.75) is 40.3 Å². The molecular formula is C17H31N5OS. The van der Waals surface area contributed by atoms with E-state index in [0.29, 0.717) is 0 Å². The first kappa shape index (κ1) is 19.1. The Kier molecular flexibility index (Phi) is 7.94. The molecule has 2 heterocycles. The van der Waals surface area contributed by atoms with Crippen molar-refractivity contribution in [3.63, 3.8) is 0 Å². The van der Waals surface area contributed by atoms with Crippen molar-refractivity contribution in [2.75, 3.05) is 45.9 Å². The number of nitrogens with one attached hydrogen (secondary N) is 1. The zero-order chi connectivity index (χ0) is 17.4. The highest BCUT2D eigenvalue weighted by Gasteiger charge is 2.19. The highest BCUT2D eigenvalue weighted by atomic mass is 32.1. The van der Waals surface area contributed by atoms with Crippen molar-refractivity contribution >= 4 is 17.3 Å². The summed E-state index contributed by atoms with van der Waals surface area (Å²) in [7, 11) is 0. The minimum absolute atomic E-state index is 0.781. The van der Waals surface area contributed by atoms with E-state index in [1.54, 1.807) is 0 Å². The third kappa shape index (κ3) is 5.72. The molecule has 0 atom stereocenters. The van der Waals surface area contributed by atoms with E-state index in [2.05, 4.69) is 40.3 Å². The van der Waals surface area contributed by atoms with Gasteiger partial charge >= 0.3 is 0 Å². The Morgan fingerprint density at radius 1 is 1.29 bits per heavy atom. The topological polar surface area (TPSA) is 45.6 Å². The summed E-state index contributed by atoms with van der Waals surface area (Å²) in [6, 6.07) is 0. The molecular weight excluding hydrogens is 322 g/mol. The number of ether oxygens (including phenoxy) is 1. The molecule has 0 spiro atoms. The lowest BCUT2D eigenvalue weighted by molar-refractivity contribution is 0.145. The Morgan fingerprint density at radius 2 is 2.04 bits per heavy atom. The number of aromatic nitrogens is 2. The molecule has 0 bridgehead atoms. The van der Waals surface area contributed by atoms with Crippen LogP contribution in [0.5, 0.6) is 0 Å². The van der Waals surface area contributed by atoms with Gasteiger partial charge in [0, 0.05) is 70.8 Å². The number of thiocarbonyl (C=S) groups is 1. The van der Waals surface area contributed by atoms with Gasteiger partial charge in [-0.2, -0.15) is 5.10 Å². The number of piperazine rings is 1. The lowest BCUT2D eigenvalue weighted by atomic mass is 10.2. The maximum absolute atomic E-state index is 5.50. The molecule has 0 amide bonds. The summed E-state index contributed by atoms with van der Waals surface area (Å²) in [5.41, 5.74) is 2.48. The second-order valence-corrected chi connectivity index (χ2v) is 6.53. The highest BCUT2D eigenvalue weighted by molar-refractivity contribution is 7.80. The number of hydrogen-bond acceptors (Lipinski definition) is 4. The summed E-state index contributed by atoms with van der Waals surface area (Å²) >= 11 is 5.50. The lowest BCUT2D eigenvalue weighted by Crippen LogP contribution is -2.51. The Labute approximate surface area is 151 Å². The molecule has 0 unspecified atom stereocenters. The molecule has 7 heteroatoms. The number of hydrogen-bond donors (Lipinski definition) is 1. The van der Waals surface area contributed by atoms with Crippen LogP contribution in [0.25, 0.3) is 0 Å². The standard InChI is InChI=1S/C17H31N5OS/c1-4-22-14-16(15(3)19-22)13-20-8-10-21(11-9-20)17(24)18-7-6-12-23-5-2/h14H,4-13H2,1-3H3,(H,18,24). The summed E-state index contributed by atoms with van der Waals surface area (Å²) in [6.45, 7) is 14.7. The molecule has 1 fully saturated rings. The Hall–Kier alpha value is -1.18. The van der Waals surface area contributed by atoms with E-state index in [1.165, 1.54) is 5.56 Å². The molecule has 1 aliphatic heterocycles. The molecule has 0 aliphatic carbocycles. The summed E-state index contributed by atoms with van der Waals surface area (Å²) in [6.07, 6.45) is 3.17. The molecule has 0 saturated carbocycles. The van der Waals surface area contributed by atoms with Crippen LogP contribution in [0.4, 0.5) is 0 Å². The van der Waals surface area contributed by atoms with Crippen molar-refractivity contribution in [3.8, 4) is 0 Å². The average molecular weight is 354 g/mol. The number of rotatable bonds is 8. The first-order valence-corrected chi connectivity index (χ1v) is 9.40. The zero-order valence-corrected chi connectivity index (χ0v) is 16.1. The van der Waals surface area contributed by atoms with E-state index in [4.69, 9.17) is 17.0 Å². The van der Waals surface area contributed by atoms with Gasteiger partial charge in [-0.25, -0.2) is 0 Å². The molecule has 24 heavy (non-hydrogen) atoms. The van der Waals surface area contributed by atoms with Crippen molar-refractivity contribution in [1.29, 1.82) is 0 Å². The molecule has 136 valence electrons. The smallest absolute Gasteiger partial charge is 0.169 e. The molecule has 2 rings (SSSR count). The molecule has 1 N–H and O–H groups in total. The molecule has 1 aromatic heterocycles. The van der Waals surface area contributed by atoms with E-state index >= 15 is 0 Å². The normalized spacial score (nSPS) is 15.7. The predicted octanol–water partition coefficient (Wildman–Crippen LogP) is 1.63. The molecule has 1 aromatic rings. The summed E-state index contributed by atoms with van der Waals surface area (Å²) in [5, 5.41) is 8.75. The molecule has 6 nitrogen and oxygen atoms in total. The molecule has 0 aromatic carbocycles. The van der Waals surface area contributed by atoms with Gasteiger partial charge in [-0.05, 0) is 39.4 Å². The van der Waals surface area contributed by atoms with Gasteiger partial charge < -0.3 is 15.0 Å². The molecule has 1 saturated heterocycles. The van der Waals surface area contributed by atoms with Gasteiger partial charge in [0.15, 0.2) is 5.11 Å². The predicted molar refractivity (Wildman–Crippen MR) is 101 cm³/mol. The lowest BCUT2D eigenvalue weighted by Gasteiger charge is -2.36. The highest BCUT2D eigenvalue weighted by Crippen LogP contribution is 2.12. The maximum atomic E-state index is 5.50. The fourth-order valence-electron chi connectivity index (χ4n) is 2.85. The van der Waals surface area contributed by atoms with Gasteiger partial charge in [-0.15, -0.1) is 0 Å². The van der Waals surface area contributed by atoms with Gasteiger partial charge in [-0.1, -0.05) is 0 Å². The van der Waals surface area contributed by atoms with E-state index in [9.17, 15) is 0 Å². The van der Waals surface area contributed by atoms with Crippen LogP contribution in [0, 0.1) is 6.92 Å². The van der Waals surface area contributed by atoms with Crippen LogP contribution in [0.1, 0.15) is 31.5 Å². The van der Waals surface area contributed by atoms with Gasteiger partial charge in [0.2, 0.25) is 0 Å². The second kappa shape index (κ2) is 9.96.